The number of carbonyl (C=O) groups excluding carboxylic acids is 1. The largest absolute Gasteiger partial charge is 0.464 e. The van der Waals surface area contributed by atoms with Crippen LogP contribution in [0.5, 0.6) is 0 Å². The topological polar surface area (TPSA) is 31.2 Å². The van der Waals surface area contributed by atoms with Crippen molar-refractivity contribution in [3.8, 4) is 0 Å². The lowest BCUT2D eigenvalue weighted by Gasteiger charge is -2.19. The monoisotopic (exact) mass is 469 g/mol. The summed E-state index contributed by atoms with van der Waals surface area (Å²) >= 11 is 12.1. The van der Waals surface area contributed by atoms with Gasteiger partial charge in [-0.25, -0.2) is 4.79 Å². The summed E-state index contributed by atoms with van der Waals surface area (Å²) in [7, 11) is 1.20. The van der Waals surface area contributed by atoms with Crippen molar-refractivity contribution in [2.45, 2.75) is 25.6 Å². The van der Waals surface area contributed by atoms with Gasteiger partial charge in [-0.1, -0.05) is 41.4 Å². The van der Waals surface area contributed by atoms with Gasteiger partial charge in [0.1, 0.15) is 5.69 Å². The molecule has 1 aromatic heterocycles. The number of rotatable bonds is 7. The van der Waals surface area contributed by atoms with Gasteiger partial charge in [0.25, 0.3) is 0 Å². The zero-order chi connectivity index (χ0) is 22.8. The van der Waals surface area contributed by atoms with Crippen LogP contribution in [0.2, 0.25) is 10.0 Å². The third-order valence-corrected chi connectivity index (χ3v) is 5.61. The maximum absolute atomic E-state index is 13.7. The van der Waals surface area contributed by atoms with E-state index in [1.165, 1.54) is 13.2 Å². The number of alkyl halides is 3. The summed E-state index contributed by atoms with van der Waals surface area (Å²) in [6.45, 7) is 3.69. The highest BCUT2D eigenvalue weighted by atomic mass is 35.5. The van der Waals surface area contributed by atoms with Crippen LogP contribution in [-0.4, -0.2) is 23.8 Å². The van der Waals surface area contributed by atoms with Crippen LogP contribution < -0.4 is 0 Å². The van der Waals surface area contributed by atoms with E-state index in [9.17, 15) is 18.0 Å². The SMILES string of the molecule is C=CCC(Cc1c(C(=O)OC)n(Cc2ccc(Cl)cc2)c2ccc(Cl)cc12)C(F)(F)F. The summed E-state index contributed by atoms with van der Waals surface area (Å²) < 4.78 is 47.6. The van der Waals surface area contributed by atoms with E-state index in [1.807, 2.05) is 0 Å². The first-order valence-corrected chi connectivity index (χ1v) is 10.2. The van der Waals surface area contributed by atoms with Gasteiger partial charge in [-0.05, 0) is 54.3 Å². The van der Waals surface area contributed by atoms with Crippen LogP contribution >= 0.6 is 23.2 Å². The molecule has 0 N–H and O–H groups in total. The Hall–Kier alpha value is -2.44. The smallest absolute Gasteiger partial charge is 0.392 e. The summed E-state index contributed by atoms with van der Waals surface area (Å²) in [5.41, 5.74) is 1.75. The second-order valence-electron chi connectivity index (χ2n) is 7.16. The Balaban J connectivity index is 2.24. The highest BCUT2D eigenvalue weighted by Gasteiger charge is 2.40. The molecule has 0 aliphatic carbocycles. The zero-order valence-corrected chi connectivity index (χ0v) is 18.2. The first kappa shape index (κ1) is 23.2. The number of ether oxygens (including phenoxy) is 1. The second kappa shape index (κ2) is 9.37. The van der Waals surface area contributed by atoms with Crippen molar-refractivity contribution in [1.29, 1.82) is 0 Å². The van der Waals surface area contributed by atoms with E-state index in [-0.39, 0.29) is 24.2 Å². The van der Waals surface area contributed by atoms with E-state index < -0.39 is 24.5 Å². The Morgan fingerprint density at radius 3 is 2.39 bits per heavy atom. The summed E-state index contributed by atoms with van der Waals surface area (Å²) in [5.74, 6) is -2.40. The van der Waals surface area contributed by atoms with Gasteiger partial charge < -0.3 is 9.30 Å². The molecule has 1 unspecified atom stereocenters. The van der Waals surface area contributed by atoms with Crippen molar-refractivity contribution in [2.24, 2.45) is 5.92 Å². The number of allylic oxidation sites excluding steroid dienone is 1. The third-order valence-electron chi connectivity index (χ3n) is 5.13. The minimum atomic E-state index is -4.45. The van der Waals surface area contributed by atoms with Crippen molar-refractivity contribution < 1.29 is 22.7 Å². The Morgan fingerprint density at radius 2 is 1.81 bits per heavy atom. The normalized spacial score (nSPS) is 12.7. The van der Waals surface area contributed by atoms with Crippen molar-refractivity contribution >= 4 is 40.1 Å². The molecular weight excluding hydrogens is 450 g/mol. The lowest BCUT2D eigenvalue weighted by Crippen LogP contribution is -2.25. The maximum Gasteiger partial charge on any atom is 0.392 e. The van der Waals surface area contributed by atoms with Gasteiger partial charge in [0.2, 0.25) is 0 Å². The lowest BCUT2D eigenvalue weighted by molar-refractivity contribution is -0.173. The van der Waals surface area contributed by atoms with E-state index >= 15 is 0 Å². The molecule has 0 fully saturated rings. The fraction of sp³-hybridized carbons (Fsp3) is 0.261. The van der Waals surface area contributed by atoms with Crippen molar-refractivity contribution in [1.82, 2.24) is 4.57 Å². The van der Waals surface area contributed by atoms with Crippen LogP contribution in [0.15, 0.2) is 55.1 Å². The Bertz CT molecular complexity index is 1100. The van der Waals surface area contributed by atoms with E-state index in [4.69, 9.17) is 27.9 Å². The average Bonchev–Trinajstić information content (AvgIpc) is 3.00. The van der Waals surface area contributed by atoms with Crippen LogP contribution in [0, 0.1) is 5.92 Å². The maximum atomic E-state index is 13.7. The molecule has 31 heavy (non-hydrogen) atoms. The van der Waals surface area contributed by atoms with Gasteiger partial charge in [-0.3, -0.25) is 0 Å². The summed E-state index contributed by atoms with van der Waals surface area (Å²) in [5, 5.41) is 1.40. The van der Waals surface area contributed by atoms with Crippen LogP contribution in [0.3, 0.4) is 0 Å². The van der Waals surface area contributed by atoms with E-state index in [0.717, 1.165) is 5.56 Å². The van der Waals surface area contributed by atoms with Crippen molar-refractivity contribution in [2.75, 3.05) is 7.11 Å². The molecular formula is C23H20Cl2F3NO2. The van der Waals surface area contributed by atoms with Crippen LogP contribution in [0.25, 0.3) is 10.9 Å². The number of fused-ring (bicyclic) bond motifs is 1. The van der Waals surface area contributed by atoms with Gasteiger partial charge >= 0.3 is 12.1 Å². The molecule has 0 bridgehead atoms. The molecule has 0 radical (unpaired) electrons. The Labute approximate surface area is 188 Å². The van der Waals surface area contributed by atoms with E-state index in [0.29, 0.717) is 20.9 Å². The van der Waals surface area contributed by atoms with Crippen LogP contribution in [0.4, 0.5) is 13.2 Å². The van der Waals surface area contributed by atoms with Crippen LogP contribution in [0.1, 0.15) is 28.0 Å². The number of carbonyl (C=O) groups is 1. The van der Waals surface area contributed by atoms with Crippen LogP contribution in [-0.2, 0) is 17.7 Å². The molecule has 3 nitrogen and oxygen atoms in total. The zero-order valence-electron chi connectivity index (χ0n) is 16.7. The molecule has 0 aliphatic heterocycles. The minimum absolute atomic E-state index is 0.0769. The molecule has 1 heterocycles. The minimum Gasteiger partial charge on any atom is -0.464 e. The van der Waals surface area contributed by atoms with Gasteiger partial charge in [-0.2, -0.15) is 13.2 Å². The molecule has 0 aliphatic rings. The number of methoxy groups -OCH3 is 1. The molecule has 3 aromatic rings. The highest BCUT2D eigenvalue weighted by molar-refractivity contribution is 6.31. The third kappa shape index (κ3) is 5.08. The van der Waals surface area contributed by atoms with Crippen molar-refractivity contribution in [3.05, 3.63) is 82.0 Å². The van der Waals surface area contributed by atoms with Gasteiger partial charge in [0.05, 0.1) is 13.0 Å². The number of esters is 1. The van der Waals surface area contributed by atoms with Gasteiger partial charge in [0.15, 0.2) is 0 Å². The Morgan fingerprint density at radius 1 is 1.16 bits per heavy atom. The summed E-state index contributed by atoms with van der Waals surface area (Å²) in [4.78, 5) is 12.7. The number of nitrogens with zero attached hydrogens (tertiary/aromatic N) is 1. The number of aromatic nitrogens is 1. The van der Waals surface area contributed by atoms with Gasteiger partial charge in [-0.15, -0.1) is 6.58 Å². The molecule has 0 saturated carbocycles. The van der Waals surface area contributed by atoms with Gasteiger partial charge in [0, 0.05) is 27.5 Å². The standard InChI is InChI=1S/C23H20Cl2F3NO2/c1-3-4-15(23(26,27)28)11-19-18-12-17(25)9-10-20(18)29(21(19)22(30)31-2)13-14-5-7-16(24)8-6-14/h3,5-10,12,15H,1,4,11,13H2,2H3. The average molecular weight is 470 g/mol. The van der Waals surface area contributed by atoms with E-state index in [1.54, 1.807) is 47.0 Å². The fourth-order valence-electron chi connectivity index (χ4n) is 3.65. The van der Waals surface area contributed by atoms with E-state index in [2.05, 4.69) is 6.58 Å². The predicted molar refractivity (Wildman–Crippen MR) is 117 cm³/mol. The fourth-order valence-corrected chi connectivity index (χ4v) is 3.95. The summed E-state index contributed by atoms with van der Waals surface area (Å²) in [6.07, 6.45) is -3.89. The number of hydrogen-bond acceptors (Lipinski definition) is 2. The number of halogens is 5. The first-order valence-electron chi connectivity index (χ1n) is 9.46. The predicted octanol–water partition coefficient (Wildman–Crippen LogP) is 7.08. The molecule has 1 atom stereocenters. The Kier molecular flexibility index (Phi) is 7.02. The molecule has 164 valence electrons. The summed E-state index contributed by atoms with van der Waals surface area (Å²) in [6, 6.07) is 11.9. The number of benzene rings is 2. The van der Waals surface area contributed by atoms with Crippen molar-refractivity contribution in [3.63, 3.8) is 0 Å². The molecule has 0 amide bonds. The second-order valence-corrected chi connectivity index (χ2v) is 8.03. The number of hydrogen-bond donors (Lipinski definition) is 0. The first-order chi connectivity index (χ1) is 14.7. The highest BCUT2D eigenvalue weighted by Crippen LogP contribution is 2.37. The molecule has 2 aromatic carbocycles. The lowest BCUT2D eigenvalue weighted by atomic mass is 9.93. The molecule has 0 spiro atoms. The molecule has 8 heteroatoms. The quantitative estimate of drug-likeness (QED) is 0.273. The molecule has 0 saturated heterocycles. The molecule has 3 rings (SSSR count).